The van der Waals surface area contributed by atoms with E-state index in [0.717, 1.165) is 25.0 Å². The predicted molar refractivity (Wildman–Crippen MR) is 55.5 cm³/mol. The monoisotopic (exact) mass is 217 g/mol. The van der Waals surface area contributed by atoms with Crippen LogP contribution in [0.3, 0.4) is 0 Å². The largest absolute Gasteiger partial charge is 0.368 e. The normalized spacial score (nSPS) is 20.1. The molecule has 5 nitrogen and oxygen atoms in total. The molecule has 2 aromatic rings. The molecule has 5 heteroatoms. The van der Waals surface area contributed by atoms with Crippen LogP contribution in [0.15, 0.2) is 29.0 Å². The number of ether oxygens (including phenoxy) is 1. The standard InChI is InChI=1S/C11H11N3O2/c1-2-9(15-7-1)11-13-10(14-16-11)8-3-5-12-6-4-8/h3-6,9H,1-2,7H2/t9-/m0/s1. The summed E-state index contributed by atoms with van der Waals surface area (Å²) in [5.41, 5.74) is 0.906. The van der Waals surface area contributed by atoms with Gasteiger partial charge in [0, 0.05) is 24.6 Å². The molecule has 0 amide bonds. The fourth-order valence-corrected chi connectivity index (χ4v) is 1.76. The molecule has 1 saturated heterocycles. The van der Waals surface area contributed by atoms with E-state index in [2.05, 4.69) is 15.1 Å². The van der Waals surface area contributed by atoms with E-state index in [4.69, 9.17) is 9.26 Å². The van der Waals surface area contributed by atoms with Crippen LogP contribution in [0.25, 0.3) is 11.4 Å². The first-order valence-corrected chi connectivity index (χ1v) is 5.29. The van der Waals surface area contributed by atoms with Crippen molar-refractivity contribution in [2.45, 2.75) is 18.9 Å². The van der Waals surface area contributed by atoms with Gasteiger partial charge in [-0.2, -0.15) is 4.98 Å². The van der Waals surface area contributed by atoms with E-state index in [9.17, 15) is 0 Å². The molecule has 0 unspecified atom stereocenters. The van der Waals surface area contributed by atoms with Gasteiger partial charge in [-0.05, 0) is 25.0 Å². The second-order valence-corrected chi connectivity index (χ2v) is 3.69. The van der Waals surface area contributed by atoms with Crippen LogP contribution in [0.1, 0.15) is 24.8 Å². The molecule has 3 heterocycles. The second kappa shape index (κ2) is 4.02. The zero-order valence-electron chi connectivity index (χ0n) is 8.67. The van der Waals surface area contributed by atoms with Crippen molar-refractivity contribution >= 4 is 0 Å². The zero-order valence-corrected chi connectivity index (χ0v) is 8.67. The number of pyridine rings is 1. The van der Waals surface area contributed by atoms with Crippen molar-refractivity contribution in [1.82, 2.24) is 15.1 Å². The summed E-state index contributed by atoms with van der Waals surface area (Å²) in [6.45, 7) is 0.775. The van der Waals surface area contributed by atoms with Crippen molar-refractivity contribution in [3.05, 3.63) is 30.4 Å². The lowest BCUT2D eigenvalue weighted by molar-refractivity contribution is 0.0835. The van der Waals surface area contributed by atoms with E-state index in [1.165, 1.54) is 0 Å². The minimum Gasteiger partial charge on any atom is -0.368 e. The van der Waals surface area contributed by atoms with Gasteiger partial charge in [-0.25, -0.2) is 0 Å². The molecule has 0 radical (unpaired) electrons. The molecular weight excluding hydrogens is 206 g/mol. The third-order valence-electron chi connectivity index (χ3n) is 2.59. The third-order valence-corrected chi connectivity index (χ3v) is 2.59. The van der Waals surface area contributed by atoms with Crippen LogP contribution >= 0.6 is 0 Å². The van der Waals surface area contributed by atoms with Crippen molar-refractivity contribution in [3.8, 4) is 11.4 Å². The Labute approximate surface area is 92.5 Å². The van der Waals surface area contributed by atoms with Crippen LogP contribution in [0.2, 0.25) is 0 Å². The topological polar surface area (TPSA) is 61.0 Å². The van der Waals surface area contributed by atoms with Crippen molar-refractivity contribution in [2.75, 3.05) is 6.61 Å². The van der Waals surface area contributed by atoms with Crippen LogP contribution in [0.5, 0.6) is 0 Å². The Morgan fingerprint density at radius 3 is 2.88 bits per heavy atom. The summed E-state index contributed by atoms with van der Waals surface area (Å²) in [4.78, 5) is 8.28. The SMILES string of the molecule is c1cc(-c2noc([C@@H]3CCCO3)n2)ccn1. The minimum absolute atomic E-state index is 0.0249. The first-order valence-electron chi connectivity index (χ1n) is 5.29. The summed E-state index contributed by atoms with van der Waals surface area (Å²) >= 11 is 0. The lowest BCUT2D eigenvalue weighted by atomic mass is 10.2. The highest BCUT2D eigenvalue weighted by Gasteiger charge is 2.23. The number of nitrogens with zero attached hydrogens (tertiary/aromatic N) is 3. The summed E-state index contributed by atoms with van der Waals surface area (Å²) in [6.07, 6.45) is 5.40. The van der Waals surface area contributed by atoms with Crippen molar-refractivity contribution in [1.29, 1.82) is 0 Å². The summed E-state index contributed by atoms with van der Waals surface area (Å²) in [7, 11) is 0. The zero-order chi connectivity index (χ0) is 10.8. The maximum Gasteiger partial charge on any atom is 0.256 e. The number of hydrogen-bond donors (Lipinski definition) is 0. The highest BCUT2D eigenvalue weighted by Crippen LogP contribution is 2.28. The molecule has 3 rings (SSSR count). The Morgan fingerprint density at radius 2 is 2.12 bits per heavy atom. The smallest absolute Gasteiger partial charge is 0.256 e. The molecule has 82 valence electrons. The van der Waals surface area contributed by atoms with Crippen molar-refractivity contribution in [2.24, 2.45) is 0 Å². The molecule has 1 atom stereocenters. The molecule has 2 aromatic heterocycles. The number of hydrogen-bond acceptors (Lipinski definition) is 5. The van der Waals surface area contributed by atoms with Gasteiger partial charge in [0.15, 0.2) is 0 Å². The van der Waals surface area contributed by atoms with E-state index in [1.54, 1.807) is 12.4 Å². The van der Waals surface area contributed by atoms with Crippen LogP contribution in [0, 0.1) is 0 Å². The van der Waals surface area contributed by atoms with Crippen molar-refractivity contribution in [3.63, 3.8) is 0 Å². The average molecular weight is 217 g/mol. The van der Waals surface area contributed by atoms with Crippen LogP contribution in [-0.2, 0) is 4.74 Å². The van der Waals surface area contributed by atoms with Crippen LogP contribution in [0.4, 0.5) is 0 Å². The Bertz CT molecular complexity index is 463. The fraction of sp³-hybridized carbons (Fsp3) is 0.364. The summed E-state index contributed by atoms with van der Waals surface area (Å²) in [5, 5.41) is 3.94. The van der Waals surface area contributed by atoms with Gasteiger partial charge in [-0.3, -0.25) is 4.98 Å². The quantitative estimate of drug-likeness (QED) is 0.769. The molecule has 1 aliphatic rings. The lowest BCUT2D eigenvalue weighted by Gasteiger charge is -2.00. The molecule has 1 fully saturated rings. The Balaban J connectivity index is 1.87. The Morgan fingerprint density at radius 1 is 1.25 bits per heavy atom. The molecule has 0 aromatic carbocycles. The van der Waals surface area contributed by atoms with E-state index in [0.29, 0.717) is 11.7 Å². The van der Waals surface area contributed by atoms with E-state index >= 15 is 0 Å². The van der Waals surface area contributed by atoms with Gasteiger partial charge in [0.05, 0.1) is 0 Å². The number of rotatable bonds is 2. The van der Waals surface area contributed by atoms with Gasteiger partial charge in [0.2, 0.25) is 5.82 Å². The molecule has 16 heavy (non-hydrogen) atoms. The Kier molecular flexibility index (Phi) is 2.38. The average Bonchev–Trinajstić information content (AvgIpc) is 3.01. The van der Waals surface area contributed by atoms with E-state index in [1.807, 2.05) is 12.1 Å². The van der Waals surface area contributed by atoms with Gasteiger partial charge in [-0.15, -0.1) is 0 Å². The first kappa shape index (κ1) is 9.47. The molecule has 0 N–H and O–H groups in total. The van der Waals surface area contributed by atoms with Gasteiger partial charge >= 0.3 is 0 Å². The first-order chi connectivity index (χ1) is 7.93. The molecular formula is C11H11N3O2. The van der Waals surface area contributed by atoms with E-state index in [-0.39, 0.29) is 6.10 Å². The fourth-order valence-electron chi connectivity index (χ4n) is 1.76. The van der Waals surface area contributed by atoms with Gasteiger partial charge in [0.1, 0.15) is 6.10 Å². The van der Waals surface area contributed by atoms with Gasteiger partial charge in [0.25, 0.3) is 5.89 Å². The molecule has 1 aliphatic heterocycles. The highest BCUT2D eigenvalue weighted by atomic mass is 16.5. The molecule has 0 bridgehead atoms. The summed E-state index contributed by atoms with van der Waals surface area (Å²) < 4.78 is 10.7. The van der Waals surface area contributed by atoms with E-state index < -0.39 is 0 Å². The Hall–Kier alpha value is -1.75. The third kappa shape index (κ3) is 1.69. The van der Waals surface area contributed by atoms with Gasteiger partial charge in [-0.1, -0.05) is 5.16 Å². The maximum atomic E-state index is 5.48. The van der Waals surface area contributed by atoms with Crippen LogP contribution in [-0.4, -0.2) is 21.7 Å². The molecule has 0 aliphatic carbocycles. The van der Waals surface area contributed by atoms with Crippen LogP contribution < -0.4 is 0 Å². The maximum absolute atomic E-state index is 5.48. The number of aromatic nitrogens is 3. The second-order valence-electron chi connectivity index (χ2n) is 3.69. The molecule has 0 saturated carbocycles. The summed E-state index contributed by atoms with van der Waals surface area (Å²) in [6, 6.07) is 3.70. The molecule has 0 spiro atoms. The van der Waals surface area contributed by atoms with Crippen molar-refractivity contribution < 1.29 is 9.26 Å². The summed E-state index contributed by atoms with van der Waals surface area (Å²) in [5.74, 6) is 1.16. The highest BCUT2D eigenvalue weighted by molar-refractivity contribution is 5.52. The minimum atomic E-state index is -0.0249. The van der Waals surface area contributed by atoms with Gasteiger partial charge < -0.3 is 9.26 Å². The predicted octanol–water partition coefficient (Wildman–Crippen LogP) is 1.98. The lowest BCUT2D eigenvalue weighted by Crippen LogP contribution is -1.95.